The van der Waals surface area contributed by atoms with Gasteiger partial charge in [-0.2, -0.15) is 0 Å². The molecule has 0 N–H and O–H groups in total. The van der Waals surface area contributed by atoms with Crippen molar-refractivity contribution in [2.24, 2.45) is 0 Å². The molecule has 0 radical (unpaired) electrons. The van der Waals surface area contributed by atoms with E-state index in [1.807, 2.05) is 18.5 Å². The zero-order valence-electron chi connectivity index (χ0n) is 8.50. The van der Waals surface area contributed by atoms with E-state index in [0.717, 1.165) is 0 Å². The molecule has 0 aromatic carbocycles. The predicted octanol–water partition coefficient (Wildman–Crippen LogP) is 3.59. The molecule has 0 fully saturated rings. The van der Waals surface area contributed by atoms with E-state index >= 15 is 0 Å². The van der Waals surface area contributed by atoms with Crippen LogP contribution in [0.25, 0.3) is 0 Å². The maximum atomic E-state index is 4.10. The van der Waals surface area contributed by atoms with Crippen molar-refractivity contribution in [3.8, 4) is 0 Å². The van der Waals surface area contributed by atoms with Gasteiger partial charge in [0.25, 0.3) is 0 Å². The van der Waals surface area contributed by atoms with Gasteiger partial charge in [-0.15, -0.1) is 0 Å². The van der Waals surface area contributed by atoms with Crippen molar-refractivity contribution in [3.05, 3.63) is 30.1 Å². The lowest BCUT2D eigenvalue weighted by atomic mass is 10.1. The van der Waals surface area contributed by atoms with E-state index in [1.54, 1.807) is 0 Å². The van der Waals surface area contributed by atoms with Crippen molar-refractivity contribution in [2.75, 3.05) is 0 Å². The van der Waals surface area contributed by atoms with Crippen LogP contribution in [0.2, 0.25) is 0 Å². The lowest BCUT2D eigenvalue weighted by molar-refractivity contribution is 0.632. The van der Waals surface area contributed by atoms with Gasteiger partial charge in [0.05, 0.1) is 0 Å². The SMILES string of the molecule is CCCCCCCc1cccnc1. The summed E-state index contributed by atoms with van der Waals surface area (Å²) in [5.41, 5.74) is 1.37. The van der Waals surface area contributed by atoms with Crippen molar-refractivity contribution in [2.45, 2.75) is 45.4 Å². The molecule has 0 aliphatic rings. The van der Waals surface area contributed by atoms with Crippen molar-refractivity contribution < 1.29 is 0 Å². The highest BCUT2D eigenvalue weighted by Gasteiger charge is 1.92. The van der Waals surface area contributed by atoms with Gasteiger partial charge in [-0.3, -0.25) is 4.98 Å². The molecular formula is C12H19N. The molecule has 0 spiro atoms. The van der Waals surface area contributed by atoms with E-state index in [0.29, 0.717) is 0 Å². The Morgan fingerprint density at radius 3 is 2.69 bits per heavy atom. The predicted molar refractivity (Wildman–Crippen MR) is 56.7 cm³/mol. The van der Waals surface area contributed by atoms with E-state index in [1.165, 1.54) is 44.1 Å². The summed E-state index contributed by atoms with van der Waals surface area (Å²) in [5, 5.41) is 0. The summed E-state index contributed by atoms with van der Waals surface area (Å²) >= 11 is 0. The summed E-state index contributed by atoms with van der Waals surface area (Å²) in [5.74, 6) is 0. The van der Waals surface area contributed by atoms with Crippen LogP contribution in [0, 0.1) is 0 Å². The molecule has 0 unspecified atom stereocenters. The lowest BCUT2D eigenvalue weighted by Gasteiger charge is -2.00. The topological polar surface area (TPSA) is 12.9 Å². The fourth-order valence-electron chi connectivity index (χ4n) is 1.48. The standard InChI is InChI=1S/C12H19N/c1-2-3-4-5-6-8-12-9-7-10-13-11-12/h7,9-11H,2-6,8H2,1H3. The molecule has 0 atom stereocenters. The number of pyridine rings is 1. The average molecular weight is 177 g/mol. The highest BCUT2D eigenvalue weighted by Crippen LogP contribution is 2.07. The lowest BCUT2D eigenvalue weighted by Crippen LogP contribution is -1.86. The van der Waals surface area contributed by atoms with Gasteiger partial charge in [0.2, 0.25) is 0 Å². The third-order valence-electron chi connectivity index (χ3n) is 2.29. The number of aryl methyl sites for hydroxylation is 1. The minimum atomic E-state index is 1.19. The number of hydrogen-bond donors (Lipinski definition) is 0. The number of aromatic nitrogens is 1. The maximum Gasteiger partial charge on any atom is 0.0299 e. The van der Waals surface area contributed by atoms with Crippen LogP contribution in [-0.4, -0.2) is 4.98 Å². The van der Waals surface area contributed by atoms with Crippen molar-refractivity contribution in [3.63, 3.8) is 0 Å². The monoisotopic (exact) mass is 177 g/mol. The molecule has 0 aliphatic carbocycles. The highest BCUT2D eigenvalue weighted by atomic mass is 14.6. The van der Waals surface area contributed by atoms with E-state index in [2.05, 4.69) is 18.0 Å². The van der Waals surface area contributed by atoms with Crippen LogP contribution in [-0.2, 0) is 6.42 Å². The number of unbranched alkanes of at least 4 members (excludes halogenated alkanes) is 4. The fraction of sp³-hybridized carbons (Fsp3) is 0.583. The molecule has 1 rings (SSSR count). The Bertz CT molecular complexity index is 206. The van der Waals surface area contributed by atoms with Crippen LogP contribution in [0.15, 0.2) is 24.5 Å². The third kappa shape index (κ3) is 4.66. The second-order valence-electron chi connectivity index (χ2n) is 3.53. The van der Waals surface area contributed by atoms with Crippen molar-refractivity contribution in [1.29, 1.82) is 0 Å². The summed E-state index contributed by atoms with van der Waals surface area (Å²) in [6, 6.07) is 4.17. The summed E-state index contributed by atoms with van der Waals surface area (Å²) < 4.78 is 0. The minimum absolute atomic E-state index is 1.19. The molecule has 1 nitrogen and oxygen atoms in total. The first-order chi connectivity index (χ1) is 6.43. The van der Waals surface area contributed by atoms with Crippen LogP contribution < -0.4 is 0 Å². The Morgan fingerprint density at radius 2 is 2.00 bits per heavy atom. The second kappa shape index (κ2) is 6.64. The largest absolute Gasteiger partial charge is 0.264 e. The Labute approximate surface area is 81.2 Å². The van der Waals surface area contributed by atoms with E-state index in [4.69, 9.17) is 0 Å². The van der Waals surface area contributed by atoms with E-state index in [9.17, 15) is 0 Å². The van der Waals surface area contributed by atoms with Gasteiger partial charge in [-0.25, -0.2) is 0 Å². The Balaban J connectivity index is 2.07. The highest BCUT2D eigenvalue weighted by molar-refractivity contribution is 5.08. The first kappa shape index (κ1) is 10.2. The van der Waals surface area contributed by atoms with E-state index in [-0.39, 0.29) is 0 Å². The quantitative estimate of drug-likeness (QED) is 0.605. The maximum absolute atomic E-state index is 4.10. The third-order valence-corrected chi connectivity index (χ3v) is 2.29. The number of hydrogen-bond acceptors (Lipinski definition) is 1. The molecule has 0 saturated carbocycles. The smallest absolute Gasteiger partial charge is 0.0299 e. The summed E-state index contributed by atoms with van der Waals surface area (Å²) in [7, 11) is 0. The molecule has 1 heteroatoms. The molecule has 72 valence electrons. The Kier molecular flexibility index (Phi) is 5.23. The molecular weight excluding hydrogens is 158 g/mol. The van der Waals surface area contributed by atoms with Gasteiger partial charge in [0.1, 0.15) is 0 Å². The molecule has 0 saturated heterocycles. The minimum Gasteiger partial charge on any atom is -0.264 e. The first-order valence-corrected chi connectivity index (χ1v) is 5.32. The average Bonchev–Trinajstić information content (AvgIpc) is 2.19. The first-order valence-electron chi connectivity index (χ1n) is 5.32. The summed E-state index contributed by atoms with van der Waals surface area (Å²) in [6.07, 6.45) is 11.8. The van der Waals surface area contributed by atoms with Crippen LogP contribution >= 0.6 is 0 Å². The van der Waals surface area contributed by atoms with Gasteiger partial charge in [0, 0.05) is 12.4 Å². The second-order valence-corrected chi connectivity index (χ2v) is 3.53. The van der Waals surface area contributed by atoms with Crippen LogP contribution in [0.4, 0.5) is 0 Å². The van der Waals surface area contributed by atoms with Gasteiger partial charge in [0.15, 0.2) is 0 Å². The fourth-order valence-corrected chi connectivity index (χ4v) is 1.48. The molecule has 1 aromatic heterocycles. The normalized spacial score (nSPS) is 10.2. The van der Waals surface area contributed by atoms with Crippen LogP contribution in [0.3, 0.4) is 0 Å². The number of rotatable bonds is 6. The Hall–Kier alpha value is -0.850. The molecule has 0 amide bonds. The van der Waals surface area contributed by atoms with Gasteiger partial charge in [-0.05, 0) is 24.5 Å². The summed E-state index contributed by atoms with van der Waals surface area (Å²) in [6.45, 7) is 2.25. The van der Waals surface area contributed by atoms with Crippen LogP contribution in [0.5, 0.6) is 0 Å². The molecule has 13 heavy (non-hydrogen) atoms. The van der Waals surface area contributed by atoms with Crippen molar-refractivity contribution >= 4 is 0 Å². The zero-order chi connectivity index (χ0) is 9.36. The zero-order valence-corrected chi connectivity index (χ0v) is 8.50. The summed E-state index contributed by atoms with van der Waals surface area (Å²) in [4.78, 5) is 4.10. The van der Waals surface area contributed by atoms with E-state index < -0.39 is 0 Å². The molecule has 0 aliphatic heterocycles. The van der Waals surface area contributed by atoms with Gasteiger partial charge in [-0.1, -0.05) is 38.7 Å². The molecule has 0 bridgehead atoms. The molecule has 1 aromatic rings. The van der Waals surface area contributed by atoms with Gasteiger partial charge < -0.3 is 0 Å². The number of nitrogens with zero attached hydrogens (tertiary/aromatic N) is 1. The van der Waals surface area contributed by atoms with Gasteiger partial charge >= 0.3 is 0 Å². The van der Waals surface area contributed by atoms with Crippen molar-refractivity contribution in [1.82, 2.24) is 4.98 Å². The molecule has 1 heterocycles. The van der Waals surface area contributed by atoms with Crippen LogP contribution in [0.1, 0.15) is 44.6 Å². The Morgan fingerprint density at radius 1 is 1.15 bits per heavy atom.